The Labute approximate surface area is 89.7 Å². The van der Waals surface area contributed by atoms with Crippen molar-refractivity contribution in [3.05, 3.63) is 23.7 Å². The normalized spacial score (nSPS) is 20.4. The number of hydrogen-bond acceptors (Lipinski definition) is 4. The molecule has 0 radical (unpaired) electrons. The van der Waals surface area contributed by atoms with Gasteiger partial charge < -0.3 is 9.15 Å². The third kappa shape index (κ3) is 2.22. The smallest absolute Gasteiger partial charge is 0.125 e. The summed E-state index contributed by atoms with van der Waals surface area (Å²) in [6.07, 6.45) is 3.79. The van der Waals surface area contributed by atoms with E-state index in [1.165, 1.54) is 0 Å². The van der Waals surface area contributed by atoms with Gasteiger partial charge in [0.25, 0.3) is 0 Å². The van der Waals surface area contributed by atoms with Crippen molar-refractivity contribution in [1.82, 2.24) is 5.43 Å². The molecule has 1 aliphatic rings. The minimum Gasteiger partial charge on any atom is -0.467 e. The molecule has 0 spiro atoms. The predicted octanol–water partition coefficient (Wildman–Crippen LogP) is 1.52. The van der Waals surface area contributed by atoms with E-state index >= 15 is 0 Å². The quantitative estimate of drug-likeness (QED) is 0.586. The molecule has 15 heavy (non-hydrogen) atoms. The van der Waals surface area contributed by atoms with Crippen molar-refractivity contribution in [1.29, 1.82) is 0 Å². The van der Waals surface area contributed by atoms with Gasteiger partial charge in [0.1, 0.15) is 5.76 Å². The molecular weight excluding hydrogens is 192 g/mol. The van der Waals surface area contributed by atoms with Crippen LogP contribution in [-0.2, 0) is 4.74 Å². The average molecular weight is 210 g/mol. The predicted molar refractivity (Wildman–Crippen MR) is 57.1 cm³/mol. The minimum absolute atomic E-state index is 0.115. The molecule has 1 unspecified atom stereocenters. The topological polar surface area (TPSA) is 60.4 Å². The Balaban J connectivity index is 2.12. The highest BCUT2D eigenvalue weighted by Crippen LogP contribution is 2.31. The molecule has 1 aliphatic heterocycles. The zero-order valence-electron chi connectivity index (χ0n) is 9.03. The van der Waals surface area contributed by atoms with Crippen LogP contribution in [-0.4, -0.2) is 13.2 Å². The van der Waals surface area contributed by atoms with Crippen LogP contribution < -0.4 is 11.3 Å². The SMILES string of the molecule is Cc1ccoc1C(NN)C1CCOCC1. The summed E-state index contributed by atoms with van der Waals surface area (Å²) in [5, 5.41) is 0. The Bertz CT molecular complexity index is 305. The van der Waals surface area contributed by atoms with Crippen molar-refractivity contribution < 1.29 is 9.15 Å². The van der Waals surface area contributed by atoms with Gasteiger partial charge in [0.2, 0.25) is 0 Å². The minimum atomic E-state index is 0.115. The number of hydrazine groups is 1. The molecule has 4 heteroatoms. The summed E-state index contributed by atoms with van der Waals surface area (Å²) in [5.74, 6) is 7.08. The number of ether oxygens (including phenoxy) is 1. The molecule has 1 fully saturated rings. The maximum atomic E-state index is 5.61. The largest absolute Gasteiger partial charge is 0.467 e. The lowest BCUT2D eigenvalue weighted by Gasteiger charge is -2.28. The van der Waals surface area contributed by atoms with Gasteiger partial charge in [-0.3, -0.25) is 5.84 Å². The number of nitrogens with two attached hydrogens (primary N) is 1. The standard InChI is InChI=1S/C11H18N2O2/c1-8-2-7-15-11(8)10(13-12)9-3-5-14-6-4-9/h2,7,9-10,13H,3-6,12H2,1H3. The van der Waals surface area contributed by atoms with Crippen LogP contribution in [0.2, 0.25) is 0 Å². The molecule has 84 valence electrons. The van der Waals surface area contributed by atoms with Crippen LogP contribution in [0, 0.1) is 12.8 Å². The number of aryl methyl sites for hydroxylation is 1. The van der Waals surface area contributed by atoms with Crippen LogP contribution in [0.25, 0.3) is 0 Å². The summed E-state index contributed by atoms with van der Waals surface area (Å²) in [5.41, 5.74) is 4.02. The van der Waals surface area contributed by atoms with Crippen LogP contribution in [0.4, 0.5) is 0 Å². The molecule has 0 bridgehead atoms. The van der Waals surface area contributed by atoms with E-state index in [1.54, 1.807) is 6.26 Å². The first-order valence-corrected chi connectivity index (χ1v) is 5.41. The zero-order chi connectivity index (χ0) is 10.7. The van der Waals surface area contributed by atoms with E-state index in [0.29, 0.717) is 5.92 Å². The first kappa shape index (κ1) is 10.7. The molecule has 1 atom stereocenters. The summed E-state index contributed by atoms with van der Waals surface area (Å²) < 4.78 is 10.8. The molecule has 1 saturated heterocycles. The highest BCUT2D eigenvalue weighted by molar-refractivity contribution is 5.18. The van der Waals surface area contributed by atoms with Crippen molar-refractivity contribution >= 4 is 0 Å². The Hall–Kier alpha value is -0.840. The van der Waals surface area contributed by atoms with Crippen molar-refractivity contribution in [3.63, 3.8) is 0 Å². The lowest BCUT2D eigenvalue weighted by atomic mass is 9.89. The van der Waals surface area contributed by atoms with Crippen LogP contribution in [0.5, 0.6) is 0 Å². The average Bonchev–Trinajstić information content (AvgIpc) is 2.68. The zero-order valence-corrected chi connectivity index (χ0v) is 9.03. The fourth-order valence-corrected chi connectivity index (χ4v) is 2.18. The van der Waals surface area contributed by atoms with E-state index in [1.807, 2.05) is 13.0 Å². The van der Waals surface area contributed by atoms with Crippen molar-refractivity contribution in [2.24, 2.45) is 11.8 Å². The molecule has 0 amide bonds. The molecule has 1 aromatic rings. The molecule has 1 aromatic heterocycles. The second-order valence-electron chi connectivity index (χ2n) is 4.06. The van der Waals surface area contributed by atoms with Gasteiger partial charge >= 0.3 is 0 Å². The first-order valence-electron chi connectivity index (χ1n) is 5.41. The first-order chi connectivity index (χ1) is 7.33. The van der Waals surface area contributed by atoms with E-state index in [2.05, 4.69) is 5.43 Å². The van der Waals surface area contributed by atoms with Crippen LogP contribution in [0.1, 0.15) is 30.2 Å². The lowest BCUT2D eigenvalue weighted by molar-refractivity contribution is 0.0505. The Morgan fingerprint density at radius 1 is 1.47 bits per heavy atom. The summed E-state index contributed by atoms with van der Waals surface area (Å²) in [4.78, 5) is 0. The summed E-state index contributed by atoms with van der Waals surface area (Å²) in [6.45, 7) is 3.69. The van der Waals surface area contributed by atoms with Gasteiger partial charge in [-0.05, 0) is 37.3 Å². The number of hydrogen-bond donors (Lipinski definition) is 2. The maximum absolute atomic E-state index is 5.61. The summed E-state index contributed by atoms with van der Waals surface area (Å²) in [6, 6.07) is 2.09. The van der Waals surface area contributed by atoms with Crippen LogP contribution in [0.15, 0.2) is 16.7 Å². The number of nitrogens with one attached hydrogen (secondary N) is 1. The Kier molecular flexibility index (Phi) is 3.41. The van der Waals surface area contributed by atoms with Gasteiger partial charge in [-0.25, -0.2) is 5.43 Å². The van der Waals surface area contributed by atoms with Gasteiger partial charge in [-0.2, -0.15) is 0 Å². The number of furan rings is 1. The summed E-state index contributed by atoms with van der Waals surface area (Å²) >= 11 is 0. The highest BCUT2D eigenvalue weighted by atomic mass is 16.5. The fraction of sp³-hybridized carbons (Fsp3) is 0.636. The third-order valence-corrected chi connectivity index (χ3v) is 3.10. The molecule has 2 rings (SSSR count). The molecular formula is C11H18N2O2. The van der Waals surface area contributed by atoms with E-state index in [-0.39, 0.29) is 6.04 Å². The molecule has 0 aromatic carbocycles. The number of rotatable bonds is 3. The molecule has 3 N–H and O–H groups in total. The Morgan fingerprint density at radius 2 is 2.20 bits per heavy atom. The second-order valence-corrected chi connectivity index (χ2v) is 4.06. The molecule has 0 saturated carbocycles. The van der Waals surface area contributed by atoms with E-state index in [9.17, 15) is 0 Å². The summed E-state index contributed by atoms with van der Waals surface area (Å²) in [7, 11) is 0. The van der Waals surface area contributed by atoms with Gasteiger partial charge in [0.15, 0.2) is 0 Å². The van der Waals surface area contributed by atoms with Crippen molar-refractivity contribution in [2.75, 3.05) is 13.2 Å². The van der Waals surface area contributed by atoms with Gasteiger partial charge in [0, 0.05) is 13.2 Å². The maximum Gasteiger partial charge on any atom is 0.125 e. The van der Waals surface area contributed by atoms with Crippen molar-refractivity contribution in [3.8, 4) is 0 Å². The lowest BCUT2D eigenvalue weighted by Crippen LogP contribution is -2.36. The molecule has 2 heterocycles. The van der Waals surface area contributed by atoms with E-state index in [4.69, 9.17) is 15.0 Å². The van der Waals surface area contributed by atoms with Gasteiger partial charge in [-0.1, -0.05) is 0 Å². The van der Waals surface area contributed by atoms with E-state index in [0.717, 1.165) is 37.4 Å². The third-order valence-electron chi connectivity index (χ3n) is 3.10. The highest BCUT2D eigenvalue weighted by Gasteiger charge is 2.27. The van der Waals surface area contributed by atoms with Crippen molar-refractivity contribution in [2.45, 2.75) is 25.8 Å². The monoisotopic (exact) mass is 210 g/mol. The second kappa shape index (κ2) is 4.79. The molecule has 4 nitrogen and oxygen atoms in total. The van der Waals surface area contributed by atoms with Gasteiger partial charge in [-0.15, -0.1) is 0 Å². The van der Waals surface area contributed by atoms with Gasteiger partial charge in [0.05, 0.1) is 12.3 Å². The fourth-order valence-electron chi connectivity index (χ4n) is 2.18. The Morgan fingerprint density at radius 3 is 2.73 bits per heavy atom. The van der Waals surface area contributed by atoms with E-state index < -0.39 is 0 Å². The van der Waals surface area contributed by atoms with Crippen LogP contribution >= 0.6 is 0 Å². The van der Waals surface area contributed by atoms with Crippen LogP contribution in [0.3, 0.4) is 0 Å². The molecule has 0 aliphatic carbocycles.